The van der Waals surface area contributed by atoms with Gasteiger partial charge in [0.1, 0.15) is 0 Å². The van der Waals surface area contributed by atoms with Crippen molar-refractivity contribution in [2.75, 3.05) is 0 Å². The van der Waals surface area contributed by atoms with Gasteiger partial charge in [-0.1, -0.05) is 45.4 Å². The molecule has 0 aromatic rings. The molecule has 0 heterocycles. The first kappa shape index (κ1) is 13.7. The molecular formula is C9H19Y-. The average Bonchev–Trinajstić information content (AvgIpc) is 1.90. The van der Waals surface area contributed by atoms with Gasteiger partial charge in [-0.05, 0) is 5.92 Å². The Bertz CT molecular complexity index is 55.7. The average molecular weight is 216 g/mol. The zero-order valence-electron chi connectivity index (χ0n) is 7.40. The smallest absolute Gasteiger partial charge is 0 e. The van der Waals surface area contributed by atoms with Crippen molar-refractivity contribution in [3.05, 3.63) is 7.43 Å². The molecule has 0 spiro atoms. The molecule has 0 bridgehead atoms. The van der Waals surface area contributed by atoms with Gasteiger partial charge >= 0.3 is 0 Å². The van der Waals surface area contributed by atoms with E-state index in [-0.39, 0.29) is 40.1 Å². The third-order valence-corrected chi connectivity index (χ3v) is 2.30. The molecule has 0 N–H and O–H groups in total. The van der Waals surface area contributed by atoms with Crippen molar-refractivity contribution in [2.45, 2.75) is 45.4 Å². The molecule has 0 aromatic heterocycles. The second-order valence-electron chi connectivity index (χ2n) is 2.91. The monoisotopic (exact) mass is 216 g/mol. The molecule has 1 fully saturated rings. The summed E-state index contributed by atoms with van der Waals surface area (Å²) in [5, 5.41) is 0. The molecule has 0 atom stereocenters. The van der Waals surface area contributed by atoms with Crippen LogP contribution in [-0.2, 0) is 32.7 Å². The molecule has 0 aliphatic heterocycles. The van der Waals surface area contributed by atoms with Gasteiger partial charge in [-0.2, -0.15) is 0 Å². The molecular weight excluding hydrogens is 197 g/mol. The Labute approximate surface area is 91.0 Å². The van der Waals surface area contributed by atoms with E-state index in [4.69, 9.17) is 0 Å². The molecule has 0 aromatic carbocycles. The van der Waals surface area contributed by atoms with Crippen molar-refractivity contribution in [2.24, 2.45) is 5.92 Å². The normalized spacial score (nSPS) is 18.9. The molecule has 0 unspecified atom stereocenters. The van der Waals surface area contributed by atoms with Gasteiger partial charge in [0.25, 0.3) is 0 Å². The predicted molar refractivity (Wildman–Crippen MR) is 43.3 cm³/mol. The summed E-state index contributed by atoms with van der Waals surface area (Å²) in [6, 6.07) is 0. The summed E-state index contributed by atoms with van der Waals surface area (Å²) in [7, 11) is 0. The van der Waals surface area contributed by atoms with Gasteiger partial charge in [-0.15, -0.1) is 0 Å². The van der Waals surface area contributed by atoms with E-state index in [9.17, 15) is 0 Å². The van der Waals surface area contributed by atoms with Crippen LogP contribution in [0.3, 0.4) is 0 Å². The van der Waals surface area contributed by atoms with Crippen LogP contribution in [-0.4, -0.2) is 0 Å². The van der Waals surface area contributed by atoms with Crippen LogP contribution in [0.5, 0.6) is 0 Å². The standard InChI is InChI=1S/C8H16.CH3.Y/c1-2-8-6-4-3-5-7-8;;/h8H,2-7H2,1H3;1H3;/q;-1;. The molecule has 0 amide bonds. The van der Waals surface area contributed by atoms with Gasteiger partial charge in [0.2, 0.25) is 0 Å². The summed E-state index contributed by atoms with van der Waals surface area (Å²) < 4.78 is 0. The van der Waals surface area contributed by atoms with Crippen LogP contribution >= 0.6 is 0 Å². The summed E-state index contributed by atoms with van der Waals surface area (Å²) in [6.45, 7) is 2.32. The van der Waals surface area contributed by atoms with Crippen molar-refractivity contribution in [1.82, 2.24) is 0 Å². The van der Waals surface area contributed by atoms with E-state index in [2.05, 4.69) is 6.92 Å². The first-order valence-electron chi connectivity index (χ1n) is 3.93. The summed E-state index contributed by atoms with van der Waals surface area (Å²) in [5.41, 5.74) is 0. The van der Waals surface area contributed by atoms with Crippen LogP contribution in [0.2, 0.25) is 0 Å². The van der Waals surface area contributed by atoms with Gasteiger partial charge in [-0.25, -0.2) is 0 Å². The van der Waals surface area contributed by atoms with Crippen LogP contribution in [0.1, 0.15) is 45.4 Å². The fraction of sp³-hybridized carbons (Fsp3) is 0.889. The summed E-state index contributed by atoms with van der Waals surface area (Å²) in [6.07, 6.45) is 8.93. The quantitative estimate of drug-likeness (QED) is 0.589. The van der Waals surface area contributed by atoms with E-state index in [0.29, 0.717) is 0 Å². The fourth-order valence-corrected chi connectivity index (χ4v) is 1.60. The van der Waals surface area contributed by atoms with Gasteiger partial charge in [0.05, 0.1) is 0 Å². The Balaban J connectivity index is 0. The Hall–Kier alpha value is 1.10. The minimum atomic E-state index is 0. The first-order chi connectivity index (χ1) is 3.93. The maximum Gasteiger partial charge on any atom is 0 e. The van der Waals surface area contributed by atoms with E-state index < -0.39 is 0 Å². The molecule has 1 radical (unpaired) electrons. The van der Waals surface area contributed by atoms with Gasteiger partial charge in [0, 0.05) is 32.7 Å². The van der Waals surface area contributed by atoms with E-state index in [1.54, 1.807) is 0 Å². The number of hydrogen-bond donors (Lipinski definition) is 0. The predicted octanol–water partition coefficient (Wildman–Crippen LogP) is 3.42. The fourth-order valence-electron chi connectivity index (χ4n) is 1.60. The minimum Gasteiger partial charge on any atom is -0.358 e. The third-order valence-electron chi connectivity index (χ3n) is 2.30. The Morgan fingerprint density at radius 2 is 1.60 bits per heavy atom. The van der Waals surface area contributed by atoms with Crippen LogP contribution < -0.4 is 0 Å². The Morgan fingerprint density at radius 3 is 1.90 bits per heavy atom. The maximum atomic E-state index is 2.32. The van der Waals surface area contributed by atoms with Crippen molar-refractivity contribution < 1.29 is 32.7 Å². The minimum absolute atomic E-state index is 0. The number of rotatable bonds is 1. The summed E-state index contributed by atoms with van der Waals surface area (Å²) >= 11 is 0. The third kappa shape index (κ3) is 4.85. The number of hydrogen-bond acceptors (Lipinski definition) is 0. The van der Waals surface area contributed by atoms with Crippen LogP contribution in [0.4, 0.5) is 0 Å². The molecule has 1 aliphatic rings. The molecule has 59 valence electrons. The van der Waals surface area contributed by atoms with Gasteiger partial charge in [0.15, 0.2) is 0 Å². The van der Waals surface area contributed by atoms with Crippen molar-refractivity contribution in [3.8, 4) is 0 Å². The maximum absolute atomic E-state index is 2.32. The van der Waals surface area contributed by atoms with Gasteiger partial charge in [-0.3, -0.25) is 0 Å². The largest absolute Gasteiger partial charge is 0.358 e. The summed E-state index contributed by atoms with van der Waals surface area (Å²) in [5.74, 6) is 1.09. The van der Waals surface area contributed by atoms with Crippen LogP contribution in [0.15, 0.2) is 0 Å². The van der Waals surface area contributed by atoms with E-state index >= 15 is 0 Å². The SMILES string of the molecule is CCC1CCCCC1.[CH3-].[Y]. The Morgan fingerprint density at radius 1 is 1.10 bits per heavy atom. The molecule has 1 heteroatoms. The Kier molecular flexibility index (Phi) is 11.2. The topological polar surface area (TPSA) is 0 Å². The van der Waals surface area contributed by atoms with E-state index in [1.165, 1.54) is 38.5 Å². The molecule has 1 saturated carbocycles. The second kappa shape index (κ2) is 8.20. The van der Waals surface area contributed by atoms with Crippen molar-refractivity contribution in [3.63, 3.8) is 0 Å². The molecule has 10 heavy (non-hydrogen) atoms. The van der Waals surface area contributed by atoms with E-state index in [0.717, 1.165) is 5.92 Å². The zero-order chi connectivity index (χ0) is 5.82. The first-order valence-corrected chi connectivity index (χ1v) is 3.93. The van der Waals surface area contributed by atoms with Crippen LogP contribution in [0, 0.1) is 13.3 Å². The molecule has 0 nitrogen and oxygen atoms in total. The van der Waals surface area contributed by atoms with E-state index in [1.807, 2.05) is 0 Å². The van der Waals surface area contributed by atoms with Crippen molar-refractivity contribution in [1.29, 1.82) is 0 Å². The molecule has 0 saturated heterocycles. The molecule has 1 rings (SSSR count). The van der Waals surface area contributed by atoms with Crippen LogP contribution in [0.25, 0.3) is 0 Å². The second-order valence-corrected chi connectivity index (χ2v) is 2.91. The zero-order valence-corrected chi connectivity index (χ0v) is 10.2. The summed E-state index contributed by atoms with van der Waals surface area (Å²) in [4.78, 5) is 0. The molecule has 1 aliphatic carbocycles. The van der Waals surface area contributed by atoms with Crippen molar-refractivity contribution >= 4 is 0 Å². The van der Waals surface area contributed by atoms with Gasteiger partial charge < -0.3 is 7.43 Å².